The average Bonchev–Trinajstić information content (AvgIpc) is 3.94. The van der Waals surface area contributed by atoms with E-state index in [-0.39, 0.29) is 5.41 Å². The number of para-hydroxylation sites is 1. The lowest BCUT2D eigenvalue weighted by atomic mass is 9.81. The van der Waals surface area contributed by atoms with Crippen LogP contribution in [-0.2, 0) is 5.41 Å². The molecule has 2 aliphatic rings. The Bertz CT molecular complexity index is 2980. The summed E-state index contributed by atoms with van der Waals surface area (Å²) in [6.45, 7) is 4.75. The molecule has 1 aliphatic carbocycles. The van der Waals surface area contributed by atoms with Crippen LogP contribution in [0.1, 0.15) is 25.0 Å². The van der Waals surface area contributed by atoms with Crippen molar-refractivity contribution in [2.24, 2.45) is 0 Å². The highest BCUT2D eigenvalue weighted by atomic mass is 32.2. The van der Waals surface area contributed by atoms with Gasteiger partial charge in [-0.1, -0.05) is 129 Å². The highest BCUT2D eigenvalue weighted by Gasteiger charge is 2.37. The van der Waals surface area contributed by atoms with Gasteiger partial charge in [-0.2, -0.15) is 0 Å². The van der Waals surface area contributed by atoms with E-state index in [1.165, 1.54) is 60.0 Å². The summed E-state index contributed by atoms with van der Waals surface area (Å²) in [6.07, 6.45) is 0. The van der Waals surface area contributed by atoms with Crippen LogP contribution in [0.15, 0.2) is 190 Å². The molecule has 56 heavy (non-hydrogen) atoms. The number of fused-ring (bicyclic) bond motifs is 7. The summed E-state index contributed by atoms with van der Waals surface area (Å²) in [7, 11) is 0. The van der Waals surface area contributed by atoms with Crippen molar-refractivity contribution in [3.63, 3.8) is 0 Å². The number of thioether (sulfide) groups is 2. The van der Waals surface area contributed by atoms with Gasteiger partial charge in [-0.25, -0.2) is 0 Å². The first-order chi connectivity index (χ1) is 27.5. The first-order valence-electron chi connectivity index (χ1n) is 19.2. The zero-order chi connectivity index (χ0) is 37.4. The maximum absolute atomic E-state index is 6.35. The van der Waals surface area contributed by atoms with Crippen molar-refractivity contribution in [1.82, 2.24) is 0 Å². The molecule has 0 atom stereocenters. The molecular formula is C52H37NOS2. The van der Waals surface area contributed by atoms with Gasteiger partial charge >= 0.3 is 0 Å². The second-order valence-corrected chi connectivity index (χ2v) is 17.6. The third-order valence-corrected chi connectivity index (χ3v) is 14.1. The van der Waals surface area contributed by atoms with Crippen LogP contribution >= 0.6 is 23.5 Å². The number of hydrogen-bond acceptors (Lipinski definition) is 4. The summed E-state index contributed by atoms with van der Waals surface area (Å²) in [6, 6.07) is 64.4. The van der Waals surface area contributed by atoms with Crippen LogP contribution in [0.25, 0.3) is 66.4 Å². The fourth-order valence-electron chi connectivity index (χ4n) is 8.87. The van der Waals surface area contributed by atoms with E-state index in [1.807, 2.05) is 35.7 Å². The van der Waals surface area contributed by atoms with Crippen LogP contribution in [0.2, 0.25) is 0 Å². The van der Waals surface area contributed by atoms with Crippen LogP contribution in [-0.4, -0.2) is 5.08 Å². The Balaban J connectivity index is 1.15. The first kappa shape index (κ1) is 33.4. The van der Waals surface area contributed by atoms with E-state index >= 15 is 0 Å². The second kappa shape index (κ2) is 13.1. The topological polar surface area (TPSA) is 16.4 Å². The van der Waals surface area contributed by atoms with Crippen LogP contribution in [0.3, 0.4) is 0 Å². The fraction of sp³-hybridized carbons (Fsp3) is 0.0769. The molecule has 0 saturated heterocycles. The maximum atomic E-state index is 6.35. The first-order valence-corrected chi connectivity index (χ1v) is 21.1. The Labute approximate surface area is 335 Å². The van der Waals surface area contributed by atoms with E-state index in [1.54, 1.807) is 0 Å². The zero-order valence-electron chi connectivity index (χ0n) is 31.1. The summed E-state index contributed by atoms with van der Waals surface area (Å²) in [4.78, 5) is 5.22. The molecule has 2 nitrogen and oxygen atoms in total. The van der Waals surface area contributed by atoms with Crippen molar-refractivity contribution >= 4 is 62.5 Å². The maximum Gasteiger partial charge on any atom is 0.136 e. The Hall–Kier alpha value is -5.94. The van der Waals surface area contributed by atoms with Gasteiger partial charge in [0.1, 0.15) is 11.2 Å². The zero-order valence-corrected chi connectivity index (χ0v) is 32.8. The van der Waals surface area contributed by atoms with E-state index < -0.39 is 0 Å². The van der Waals surface area contributed by atoms with Crippen LogP contribution in [0.4, 0.5) is 17.1 Å². The van der Waals surface area contributed by atoms with Crippen LogP contribution in [0, 0.1) is 0 Å². The van der Waals surface area contributed by atoms with E-state index in [0.29, 0.717) is 0 Å². The number of nitrogens with zero attached hydrogens (tertiary/aromatic N) is 1. The molecule has 8 aromatic carbocycles. The van der Waals surface area contributed by atoms with Gasteiger partial charge < -0.3 is 9.32 Å². The standard InChI is InChI=1S/C52H37NOS2/c1-52(2)45-19-8-6-16-39(45)43-30-44(42-18-11-21-50-51(42)56-32-55-50)47(31-46(43)52)53(37-25-22-34(23-26-37)33-12-4-3-5-13-33)38-15-10-14-35(28-38)36-24-27-41-40-17-7-9-20-48(40)54-49(41)29-36/h3-31H,32H2,1-2H3. The minimum absolute atomic E-state index is 0.158. The Morgan fingerprint density at radius 2 is 1.16 bits per heavy atom. The molecule has 0 amide bonds. The Kier molecular flexibility index (Phi) is 7.80. The molecule has 0 saturated carbocycles. The van der Waals surface area contributed by atoms with Crippen molar-refractivity contribution in [3.8, 4) is 44.5 Å². The molecule has 0 N–H and O–H groups in total. The summed E-state index contributed by atoms with van der Waals surface area (Å²) in [5.74, 6) is 0. The number of hydrogen-bond donors (Lipinski definition) is 0. The summed E-state index contributed by atoms with van der Waals surface area (Å²) in [5, 5.41) is 3.31. The SMILES string of the molecule is CC1(C)c2ccccc2-c2cc(-c3cccc4c3SCS4)c(N(c3ccc(-c4ccccc4)cc3)c3cccc(-c4ccc5c(c4)oc4ccccc45)c3)cc21. The van der Waals surface area contributed by atoms with E-state index in [4.69, 9.17) is 4.42 Å². The molecule has 0 unspecified atom stereocenters. The number of benzene rings is 8. The smallest absolute Gasteiger partial charge is 0.136 e. The van der Waals surface area contributed by atoms with Gasteiger partial charge in [0.15, 0.2) is 0 Å². The highest BCUT2D eigenvalue weighted by molar-refractivity contribution is 8.18. The molecular weight excluding hydrogens is 719 g/mol. The minimum atomic E-state index is -0.158. The lowest BCUT2D eigenvalue weighted by molar-refractivity contribution is 0.660. The van der Waals surface area contributed by atoms with Crippen LogP contribution in [0.5, 0.6) is 0 Å². The van der Waals surface area contributed by atoms with E-state index in [0.717, 1.165) is 49.5 Å². The molecule has 0 radical (unpaired) electrons. The van der Waals surface area contributed by atoms with Gasteiger partial charge in [0.2, 0.25) is 0 Å². The third-order valence-electron chi connectivity index (χ3n) is 11.7. The Morgan fingerprint density at radius 3 is 2.05 bits per heavy atom. The van der Waals surface area contributed by atoms with E-state index in [2.05, 4.69) is 183 Å². The molecule has 1 aromatic heterocycles. The van der Waals surface area contributed by atoms with Gasteiger partial charge in [0.05, 0.1) is 5.69 Å². The normalized spacial score (nSPS) is 13.8. The summed E-state index contributed by atoms with van der Waals surface area (Å²) < 4.78 is 6.35. The van der Waals surface area contributed by atoms with Crippen molar-refractivity contribution in [2.75, 3.05) is 9.98 Å². The van der Waals surface area contributed by atoms with Gasteiger partial charge in [-0.3, -0.25) is 0 Å². The fourth-order valence-corrected chi connectivity index (χ4v) is 11.4. The quantitative estimate of drug-likeness (QED) is 0.168. The third kappa shape index (κ3) is 5.35. The van der Waals surface area contributed by atoms with Crippen molar-refractivity contribution in [3.05, 3.63) is 187 Å². The predicted octanol–water partition coefficient (Wildman–Crippen LogP) is 15.5. The van der Waals surface area contributed by atoms with Crippen molar-refractivity contribution < 1.29 is 4.42 Å². The monoisotopic (exact) mass is 755 g/mol. The van der Waals surface area contributed by atoms with Gasteiger partial charge in [0, 0.05) is 48.0 Å². The molecule has 4 heteroatoms. The second-order valence-electron chi connectivity index (χ2n) is 15.2. The molecule has 9 aromatic rings. The van der Waals surface area contributed by atoms with Crippen molar-refractivity contribution in [2.45, 2.75) is 29.1 Å². The van der Waals surface area contributed by atoms with Gasteiger partial charge in [0.25, 0.3) is 0 Å². The molecule has 0 bridgehead atoms. The molecule has 0 fully saturated rings. The minimum Gasteiger partial charge on any atom is -0.456 e. The summed E-state index contributed by atoms with van der Waals surface area (Å²) in [5.41, 5.74) is 17.6. The molecule has 268 valence electrons. The molecule has 11 rings (SSSR count). The number of furan rings is 1. The lowest BCUT2D eigenvalue weighted by Crippen LogP contribution is -2.17. The molecule has 0 spiro atoms. The van der Waals surface area contributed by atoms with Crippen molar-refractivity contribution in [1.29, 1.82) is 0 Å². The van der Waals surface area contributed by atoms with Gasteiger partial charge in [-0.05, 0) is 111 Å². The molecule has 1 aliphatic heterocycles. The van der Waals surface area contributed by atoms with E-state index in [9.17, 15) is 0 Å². The predicted molar refractivity (Wildman–Crippen MR) is 239 cm³/mol. The van der Waals surface area contributed by atoms with Gasteiger partial charge in [-0.15, -0.1) is 23.5 Å². The number of rotatable bonds is 6. The summed E-state index contributed by atoms with van der Waals surface area (Å²) >= 11 is 3.90. The lowest BCUT2D eigenvalue weighted by Gasteiger charge is -2.31. The molecule has 2 heterocycles. The Morgan fingerprint density at radius 1 is 0.464 bits per heavy atom. The number of anilines is 3. The average molecular weight is 756 g/mol. The highest BCUT2D eigenvalue weighted by Crippen LogP contribution is 2.56. The largest absolute Gasteiger partial charge is 0.456 e. The van der Waals surface area contributed by atoms with Crippen LogP contribution < -0.4 is 4.90 Å².